The molecule has 1 aromatic carbocycles. The smallest absolute Gasteiger partial charge is 0.230 e. The van der Waals surface area contributed by atoms with Gasteiger partial charge in [-0.1, -0.05) is 28.1 Å². The molecule has 6 nitrogen and oxygen atoms in total. The zero-order valence-electron chi connectivity index (χ0n) is 12.8. The highest BCUT2D eigenvalue weighted by Gasteiger charge is 2.15. The first-order chi connectivity index (χ1) is 11.0. The zero-order valence-corrected chi connectivity index (χ0v) is 14.3. The molecule has 1 N–H and O–H groups in total. The van der Waals surface area contributed by atoms with Gasteiger partial charge >= 0.3 is 0 Å². The third kappa shape index (κ3) is 3.16. The van der Waals surface area contributed by atoms with Crippen molar-refractivity contribution in [2.24, 2.45) is 0 Å². The summed E-state index contributed by atoms with van der Waals surface area (Å²) in [4.78, 5) is 16.6. The third-order valence-corrected chi connectivity index (χ3v) is 4.66. The van der Waals surface area contributed by atoms with Crippen LogP contribution >= 0.6 is 22.9 Å². The molecule has 0 aliphatic rings. The molecule has 120 valence electrons. The summed E-state index contributed by atoms with van der Waals surface area (Å²) in [5.41, 5.74) is 2.24. The Kier molecular flexibility index (Phi) is 4.23. The zero-order chi connectivity index (χ0) is 16.6. The lowest BCUT2D eigenvalue weighted by atomic mass is 10.1. The molecular weight excluding hydrogens is 338 g/mol. The molecule has 23 heavy (non-hydrogen) atoms. The number of nitrogens with one attached hydrogen (secondary N) is 1. The van der Waals surface area contributed by atoms with Crippen molar-refractivity contribution in [1.82, 2.24) is 10.1 Å². The minimum atomic E-state index is -0.170. The van der Waals surface area contributed by atoms with Crippen LogP contribution in [0.15, 0.2) is 16.7 Å². The van der Waals surface area contributed by atoms with E-state index in [-0.39, 0.29) is 12.3 Å². The predicted octanol–water partition coefficient (Wildman–Crippen LogP) is 3.74. The summed E-state index contributed by atoms with van der Waals surface area (Å²) in [6.45, 7) is 3.60. The SMILES string of the molecule is COc1cc2sc(NC(=O)Cc3c(C)noc3C)nc2cc1Cl. The van der Waals surface area contributed by atoms with Crippen LogP contribution in [0.2, 0.25) is 5.02 Å². The molecule has 0 radical (unpaired) electrons. The largest absolute Gasteiger partial charge is 0.495 e. The molecule has 0 saturated heterocycles. The van der Waals surface area contributed by atoms with Crippen molar-refractivity contribution in [1.29, 1.82) is 0 Å². The fourth-order valence-electron chi connectivity index (χ4n) is 2.22. The summed E-state index contributed by atoms with van der Waals surface area (Å²) in [6, 6.07) is 3.52. The van der Waals surface area contributed by atoms with Crippen molar-refractivity contribution in [3.05, 3.63) is 34.2 Å². The van der Waals surface area contributed by atoms with Crippen molar-refractivity contribution in [2.45, 2.75) is 20.3 Å². The monoisotopic (exact) mass is 351 g/mol. The number of anilines is 1. The molecule has 1 amide bonds. The molecule has 0 aliphatic carbocycles. The Morgan fingerprint density at radius 1 is 1.43 bits per heavy atom. The first-order valence-corrected chi connectivity index (χ1v) is 8.03. The first-order valence-electron chi connectivity index (χ1n) is 6.83. The Morgan fingerprint density at radius 2 is 2.22 bits per heavy atom. The second kappa shape index (κ2) is 6.17. The minimum absolute atomic E-state index is 0.170. The fourth-order valence-corrected chi connectivity index (χ4v) is 3.35. The third-order valence-electron chi connectivity index (χ3n) is 3.43. The van der Waals surface area contributed by atoms with Crippen molar-refractivity contribution in [3.63, 3.8) is 0 Å². The second-order valence-electron chi connectivity index (χ2n) is 5.00. The van der Waals surface area contributed by atoms with Gasteiger partial charge in [-0.3, -0.25) is 4.79 Å². The number of halogens is 1. The number of amides is 1. The normalized spacial score (nSPS) is 11.0. The van der Waals surface area contributed by atoms with Gasteiger partial charge in [0.2, 0.25) is 5.91 Å². The van der Waals surface area contributed by atoms with Gasteiger partial charge in [-0.05, 0) is 19.9 Å². The Balaban J connectivity index is 1.80. The number of ether oxygens (including phenoxy) is 1. The Hall–Kier alpha value is -2.12. The maximum atomic E-state index is 12.2. The highest BCUT2D eigenvalue weighted by atomic mass is 35.5. The number of hydrogen-bond acceptors (Lipinski definition) is 6. The molecule has 0 bridgehead atoms. The van der Waals surface area contributed by atoms with E-state index in [1.165, 1.54) is 11.3 Å². The van der Waals surface area contributed by atoms with E-state index < -0.39 is 0 Å². The number of thiazole rings is 1. The average Bonchev–Trinajstić information content (AvgIpc) is 3.03. The van der Waals surface area contributed by atoms with Crippen LogP contribution in [-0.2, 0) is 11.2 Å². The molecule has 3 rings (SSSR count). The van der Waals surface area contributed by atoms with Crippen LogP contribution in [0.5, 0.6) is 5.75 Å². The van der Waals surface area contributed by atoms with E-state index in [1.807, 2.05) is 6.92 Å². The van der Waals surface area contributed by atoms with E-state index in [0.717, 1.165) is 16.0 Å². The van der Waals surface area contributed by atoms with Crippen molar-refractivity contribution >= 4 is 44.2 Å². The fraction of sp³-hybridized carbons (Fsp3) is 0.267. The molecule has 2 aromatic heterocycles. The van der Waals surface area contributed by atoms with Gasteiger partial charge in [0.05, 0.1) is 34.5 Å². The van der Waals surface area contributed by atoms with Crippen LogP contribution < -0.4 is 10.1 Å². The van der Waals surface area contributed by atoms with Crippen LogP contribution in [0.25, 0.3) is 10.2 Å². The number of rotatable bonds is 4. The molecule has 8 heteroatoms. The maximum Gasteiger partial charge on any atom is 0.230 e. The molecule has 0 saturated carbocycles. The second-order valence-corrected chi connectivity index (χ2v) is 6.44. The number of nitrogens with zero attached hydrogens (tertiary/aromatic N) is 2. The topological polar surface area (TPSA) is 77.2 Å². The number of aryl methyl sites for hydroxylation is 2. The van der Waals surface area contributed by atoms with Crippen molar-refractivity contribution < 1.29 is 14.1 Å². The molecule has 0 atom stereocenters. The lowest BCUT2D eigenvalue weighted by Crippen LogP contribution is -2.14. The molecular formula is C15H14ClN3O3S. The van der Waals surface area contributed by atoms with Gasteiger partial charge in [0.25, 0.3) is 0 Å². The lowest BCUT2D eigenvalue weighted by molar-refractivity contribution is -0.115. The summed E-state index contributed by atoms with van der Waals surface area (Å²) in [5.74, 6) is 1.06. The number of carbonyl (C=O) groups is 1. The summed E-state index contributed by atoms with van der Waals surface area (Å²) >= 11 is 7.45. The van der Waals surface area contributed by atoms with E-state index in [1.54, 1.807) is 26.2 Å². The number of methoxy groups -OCH3 is 1. The van der Waals surface area contributed by atoms with E-state index in [0.29, 0.717) is 27.2 Å². The van der Waals surface area contributed by atoms with Crippen LogP contribution in [0.3, 0.4) is 0 Å². The van der Waals surface area contributed by atoms with E-state index in [2.05, 4.69) is 15.5 Å². The number of carbonyl (C=O) groups excluding carboxylic acids is 1. The average molecular weight is 352 g/mol. The van der Waals surface area contributed by atoms with E-state index in [9.17, 15) is 4.79 Å². The molecule has 0 aliphatic heterocycles. The Labute approximate surface area is 141 Å². The molecule has 0 spiro atoms. The van der Waals surface area contributed by atoms with Crippen molar-refractivity contribution in [2.75, 3.05) is 12.4 Å². The summed E-state index contributed by atoms with van der Waals surface area (Å²) in [5, 5.41) is 7.64. The predicted molar refractivity (Wildman–Crippen MR) is 89.5 cm³/mol. The highest BCUT2D eigenvalue weighted by molar-refractivity contribution is 7.22. The van der Waals surface area contributed by atoms with E-state index in [4.69, 9.17) is 20.9 Å². The minimum Gasteiger partial charge on any atom is -0.495 e. The van der Waals surface area contributed by atoms with Gasteiger partial charge in [-0.25, -0.2) is 4.98 Å². The Bertz CT molecular complexity index is 868. The number of fused-ring (bicyclic) bond motifs is 1. The standard InChI is InChI=1S/C15H14ClN3O3S/c1-7-9(8(2)22-19-7)4-14(20)18-15-17-11-5-10(16)12(21-3)6-13(11)23-15/h5-6H,4H2,1-3H3,(H,17,18,20). The van der Waals surface area contributed by atoms with Crippen LogP contribution in [0.1, 0.15) is 17.0 Å². The van der Waals surface area contributed by atoms with Gasteiger partial charge in [-0.15, -0.1) is 0 Å². The van der Waals surface area contributed by atoms with Gasteiger partial charge in [0.15, 0.2) is 5.13 Å². The quantitative estimate of drug-likeness (QED) is 0.774. The van der Waals surface area contributed by atoms with Crippen molar-refractivity contribution in [3.8, 4) is 5.75 Å². The van der Waals surface area contributed by atoms with Gasteiger partial charge in [-0.2, -0.15) is 0 Å². The molecule has 0 fully saturated rings. The van der Waals surface area contributed by atoms with Gasteiger partial charge < -0.3 is 14.6 Å². The summed E-state index contributed by atoms with van der Waals surface area (Å²) in [7, 11) is 1.56. The maximum absolute atomic E-state index is 12.2. The van der Waals surface area contributed by atoms with Crippen LogP contribution in [0, 0.1) is 13.8 Å². The van der Waals surface area contributed by atoms with Gasteiger partial charge in [0, 0.05) is 11.6 Å². The van der Waals surface area contributed by atoms with Crippen LogP contribution in [-0.4, -0.2) is 23.2 Å². The van der Waals surface area contributed by atoms with E-state index >= 15 is 0 Å². The molecule has 3 aromatic rings. The van der Waals surface area contributed by atoms with Crippen LogP contribution in [0.4, 0.5) is 5.13 Å². The molecule has 2 heterocycles. The highest BCUT2D eigenvalue weighted by Crippen LogP contribution is 2.34. The first kappa shape index (κ1) is 15.8. The summed E-state index contributed by atoms with van der Waals surface area (Å²) < 4.78 is 11.1. The summed E-state index contributed by atoms with van der Waals surface area (Å²) in [6.07, 6.45) is 0.196. The lowest BCUT2D eigenvalue weighted by Gasteiger charge is -2.00. The molecule has 0 unspecified atom stereocenters. The Morgan fingerprint density at radius 3 is 2.87 bits per heavy atom. The number of aromatic nitrogens is 2. The number of hydrogen-bond donors (Lipinski definition) is 1. The number of benzene rings is 1. The van der Waals surface area contributed by atoms with Gasteiger partial charge in [0.1, 0.15) is 11.5 Å².